The summed E-state index contributed by atoms with van der Waals surface area (Å²) in [6, 6.07) is -0.978. The van der Waals surface area contributed by atoms with Crippen molar-refractivity contribution < 1.29 is 41.9 Å². The summed E-state index contributed by atoms with van der Waals surface area (Å²) in [5.74, 6) is -2.00. The van der Waals surface area contributed by atoms with E-state index in [1.165, 1.54) is 11.8 Å². The number of rotatable bonds is 9. The van der Waals surface area contributed by atoms with Gasteiger partial charge in [0.25, 0.3) is 0 Å². The molecule has 0 aromatic rings. The summed E-state index contributed by atoms with van der Waals surface area (Å²) >= 11 is 1.50. The minimum Gasteiger partial charge on any atom is -0.464 e. The molecular formula is C21H34N2O9S2. The Bertz CT molecular complexity index is 894. The molecule has 1 aliphatic carbocycles. The monoisotopic (exact) mass is 522 g/mol. The first-order chi connectivity index (χ1) is 15.7. The zero-order chi connectivity index (χ0) is 26.3. The lowest BCUT2D eigenvalue weighted by Crippen LogP contribution is -2.63. The van der Waals surface area contributed by atoms with Gasteiger partial charge in [-0.15, -0.1) is 0 Å². The second-order valence-corrected chi connectivity index (χ2v) is 12.3. The fourth-order valence-corrected chi connectivity index (χ4v) is 7.73. The highest BCUT2D eigenvalue weighted by Gasteiger charge is 2.76. The van der Waals surface area contributed by atoms with Crippen molar-refractivity contribution in [1.82, 2.24) is 10.6 Å². The lowest BCUT2D eigenvalue weighted by molar-refractivity contribution is -0.191. The number of carbonyl (C=O) groups excluding carboxylic acids is 5. The number of fused-ring (bicyclic) bond motifs is 1. The van der Waals surface area contributed by atoms with E-state index in [0.29, 0.717) is 18.6 Å². The number of amides is 2. The quantitative estimate of drug-likeness (QED) is 0.416. The van der Waals surface area contributed by atoms with E-state index in [0.717, 1.165) is 0 Å². The van der Waals surface area contributed by atoms with Crippen molar-refractivity contribution in [3.63, 3.8) is 0 Å². The van der Waals surface area contributed by atoms with Gasteiger partial charge in [0.1, 0.15) is 11.6 Å². The maximum absolute atomic E-state index is 13.2. The van der Waals surface area contributed by atoms with Crippen LogP contribution in [-0.2, 0) is 38.5 Å². The third kappa shape index (κ3) is 7.19. The van der Waals surface area contributed by atoms with Crippen LogP contribution >= 0.6 is 11.8 Å². The van der Waals surface area contributed by atoms with Gasteiger partial charge in [0, 0.05) is 5.92 Å². The van der Waals surface area contributed by atoms with Gasteiger partial charge >= 0.3 is 18.2 Å². The Hall–Kier alpha value is -2.11. The van der Waals surface area contributed by atoms with Crippen LogP contribution in [0.5, 0.6) is 0 Å². The summed E-state index contributed by atoms with van der Waals surface area (Å²) in [6.07, 6.45) is 2.24. The van der Waals surface area contributed by atoms with Gasteiger partial charge < -0.3 is 20.1 Å². The van der Waals surface area contributed by atoms with Crippen molar-refractivity contribution in [1.29, 1.82) is 0 Å². The van der Waals surface area contributed by atoms with E-state index in [1.807, 2.05) is 13.2 Å². The normalized spacial score (nSPS) is 27.1. The van der Waals surface area contributed by atoms with Crippen molar-refractivity contribution >= 4 is 45.7 Å². The highest BCUT2D eigenvalue weighted by Crippen LogP contribution is 2.59. The first-order valence-corrected chi connectivity index (χ1v) is 14.0. The molecule has 1 aliphatic heterocycles. The molecule has 0 spiro atoms. The number of hydrogen-bond donors (Lipinski definition) is 2. The largest absolute Gasteiger partial charge is 0.464 e. The minimum absolute atomic E-state index is 0.0662. The van der Waals surface area contributed by atoms with Crippen LogP contribution in [-0.4, -0.2) is 79.3 Å². The van der Waals surface area contributed by atoms with Crippen LogP contribution in [0.3, 0.4) is 0 Å². The lowest BCUT2D eigenvalue weighted by Gasteiger charge is -2.32. The van der Waals surface area contributed by atoms with Crippen molar-refractivity contribution in [3.8, 4) is 0 Å². The average Bonchev–Trinajstić information content (AvgIpc) is 3.41. The van der Waals surface area contributed by atoms with E-state index in [-0.39, 0.29) is 18.7 Å². The molecule has 2 rings (SSSR count). The van der Waals surface area contributed by atoms with Crippen LogP contribution in [0.1, 0.15) is 47.5 Å². The Morgan fingerprint density at radius 3 is 2.24 bits per heavy atom. The molecule has 11 nitrogen and oxygen atoms in total. The zero-order valence-electron chi connectivity index (χ0n) is 20.3. The number of esters is 1. The van der Waals surface area contributed by atoms with Gasteiger partial charge in [-0.2, -0.15) is 21.4 Å². The van der Waals surface area contributed by atoms with Crippen molar-refractivity contribution in [2.75, 3.05) is 24.4 Å². The molecule has 0 aromatic heterocycles. The van der Waals surface area contributed by atoms with Crippen molar-refractivity contribution in [3.05, 3.63) is 0 Å². The fraction of sp³-hybridized carbons (Fsp3) is 0.810. The van der Waals surface area contributed by atoms with E-state index in [1.54, 1.807) is 27.7 Å². The highest BCUT2D eigenvalue weighted by molar-refractivity contribution is 7.98. The molecule has 2 aliphatic rings. The molecule has 194 valence electrons. The Morgan fingerprint density at radius 2 is 1.79 bits per heavy atom. The number of nitrogens with one attached hydrogen (secondary N) is 2. The SMILES string of the molecule is CCOC(=O)[C@]1(NC(=O)[C@@H](CCSC)NC(=O)OC(C)(C)C)CS(=O)(=O)[C@H]2[C@H](CC)[C@H]21.O=C=O. The van der Waals surface area contributed by atoms with Crippen LogP contribution < -0.4 is 10.6 Å². The highest BCUT2D eigenvalue weighted by atomic mass is 32.2. The zero-order valence-corrected chi connectivity index (χ0v) is 22.0. The van der Waals surface area contributed by atoms with E-state index >= 15 is 0 Å². The summed E-state index contributed by atoms with van der Waals surface area (Å²) < 4.78 is 35.8. The predicted molar refractivity (Wildman–Crippen MR) is 124 cm³/mol. The molecule has 1 heterocycles. The van der Waals surface area contributed by atoms with Crippen molar-refractivity contribution in [2.45, 2.75) is 69.9 Å². The molecule has 5 atom stereocenters. The van der Waals surface area contributed by atoms with Crippen LogP contribution in [0, 0.1) is 11.8 Å². The summed E-state index contributed by atoms with van der Waals surface area (Å²) in [5, 5.41) is 4.60. The van der Waals surface area contributed by atoms with E-state index in [4.69, 9.17) is 19.1 Å². The maximum Gasteiger partial charge on any atom is 0.408 e. The Labute approximate surface area is 204 Å². The molecule has 34 heavy (non-hydrogen) atoms. The van der Waals surface area contributed by atoms with Crippen LogP contribution in [0.2, 0.25) is 0 Å². The first kappa shape index (κ1) is 29.9. The van der Waals surface area contributed by atoms with Crippen LogP contribution in [0.25, 0.3) is 0 Å². The molecule has 13 heteroatoms. The summed E-state index contributed by atoms with van der Waals surface area (Å²) in [4.78, 5) is 54.6. The van der Waals surface area contributed by atoms with E-state index in [2.05, 4.69) is 10.6 Å². The molecule has 0 radical (unpaired) electrons. The molecule has 0 aromatic carbocycles. The Morgan fingerprint density at radius 1 is 1.21 bits per heavy atom. The average molecular weight is 523 g/mol. The first-order valence-electron chi connectivity index (χ1n) is 10.9. The number of carbonyl (C=O) groups is 3. The third-order valence-corrected chi connectivity index (χ3v) is 8.56. The third-order valence-electron chi connectivity index (χ3n) is 5.58. The summed E-state index contributed by atoms with van der Waals surface area (Å²) in [6.45, 7) is 8.69. The Kier molecular flexibility index (Phi) is 10.6. The van der Waals surface area contributed by atoms with Gasteiger partial charge in [0.15, 0.2) is 15.4 Å². The second kappa shape index (κ2) is 12.0. The van der Waals surface area contributed by atoms with Gasteiger partial charge in [0.05, 0.1) is 17.6 Å². The molecule has 2 amide bonds. The van der Waals surface area contributed by atoms with Gasteiger partial charge in [-0.1, -0.05) is 13.3 Å². The van der Waals surface area contributed by atoms with Crippen molar-refractivity contribution in [2.24, 2.45) is 11.8 Å². The molecule has 2 N–H and O–H groups in total. The molecule has 0 unspecified atom stereocenters. The number of ether oxygens (including phenoxy) is 2. The van der Waals surface area contributed by atoms with Crippen LogP contribution in [0.15, 0.2) is 0 Å². The number of hydrogen-bond acceptors (Lipinski definition) is 10. The van der Waals surface area contributed by atoms with E-state index in [9.17, 15) is 22.8 Å². The van der Waals surface area contributed by atoms with Gasteiger partial charge in [0.2, 0.25) is 5.91 Å². The summed E-state index contributed by atoms with van der Waals surface area (Å²) in [5.41, 5.74) is -2.38. The number of sulfone groups is 1. The smallest absolute Gasteiger partial charge is 0.408 e. The van der Waals surface area contributed by atoms with E-state index < -0.39 is 61.9 Å². The standard InChI is InChI=1S/C20H34N2O7S2.CO2/c1-7-12-14-15(12)31(26,27)11-20(14,17(24)28-8-2)22-16(23)13(9-10-30-6)21-18(25)29-19(3,4)5;2-1-3/h12-15H,7-11H2,1-6H3,(H,21,25)(H,22,23);/t12-,13-,14-,15+,20+;/m1./s1. The maximum atomic E-state index is 13.2. The Balaban J connectivity index is 0.00000182. The number of alkyl carbamates (subject to hydrolysis) is 1. The molecule has 1 saturated carbocycles. The van der Waals surface area contributed by atoms with Crippen LogP contribution in [0.4, 0.5) is 4.79 Å². The minimum atomic E-state index is -3.55. The predicted octanol–water partition coefficient (Wildman–Crippen LogP) is 0.920. The van der Waals surface area contributed by atoms with Gasteiger partial charge in [-0.25, -0.2) is 18.0 Å². The lowest BCUT2D eigenvalue weighted by atomic mass is 9.92. The summed E-state index contributed by atoms with van der Waals surface area (Å²) in [7, 11) is -3.55. The molecule has 2 fully saturated rings. The molecule has 0 bridgehead atoms. The topological polar surface area (TPSA) is 162 Å². The molecule has 1 saturated heterocycles. The van der Waals surface area contributed by atoms with Gasteiger partial charge in [-0.3, -0.25) is 4.79 Å². The van der Waals surface area contributed by atoms with Gasteiger partial charge in [-0.05, 0) is 52.0 Å². The fourth-order valence-electron chi connectivity index (χ4n) is 4.36. The number of thioether (sulfide) groups is 1. The molecular weight excluding hydrogens is 488 g/mol. The second-order valence-electron chi connectivity index (χ2n) is 9.11.